The van der Waals surface area contributed by atoms with Gasteiger partial charge in [0.15, 0.2) is 0 Å². The molecule has 0 aliphatic rings. The molecule has 1 N–H and O–H groups in total. The molecular weight excluding hydrogens is 358 g/mol. The molecule has 0 atom stereocenters. The number of benzene rings is 2. The van der Waals surface area contributed by atoms with Crippen LogP contribution in [0.4, 0.5) is 5.95 Å². The Bertz CT molecular complexity index is 858. The zero-order valence-corrected chi connectivity index (χ0v) is 16.7. The molecule has 27 heavy (non-hydrogen) atoms. The van der Waals surface area contributed by atoms with E-state index in [1.165, 1.54) is 0 Å². The van der Waals surface area contributed by atoms with Gasteiger partial charge in [-0.15, -0.1) is 0 Å². The molecule has 3 aromatic rings. The van der Waals surface area contributed by atoms with Gasteiger partial charge < -0.3 is 14.6 Å². The van der Waals surface area contributed by atoms with Gasteiger partial charge in [0.1, 0.15) is 5.75 Å². The highest BCUT2D eigenvalue weighted by Crippen LogP contribution is 2.26. The molecule has 0 saturated heterocycles. The van der Waals surface area contributed by atoms with Crippen molar-refractivity contribution in [3.05, 3.63) is 65.3 Å². The summed E-state index contributed by atoms with van der Waals surface area (Å²) in [4.78, 5) is 4.63. The molecule has 0 unspecified atom stereocenters. The van der Waals surface area contributed by atoms with Gasteiger partial charge in [0.25, 0.3) is 0 Å². The van der Waals surface area contributed by atoms with Crippen LogP contribution < -0.4 is 10.1 Å². The van der Waals surface area contributed by atoms with E-state index in [1.807, 2.05) is 43.5 Å². The Balaban J connectivity index is 1.82. The number of hydrogen-bond acceptors (Lipinski definition) is 3. The fourth-order valence-electron chi connectivity index (χ4n) is 3.01. The predicted molar refractivity (Wildman–Crippen MR) is 113 cm³/mol. The highest BCUT2D eigenvalue weighted by Gasteiger charge is 2.12. The van der Waals surface area contributed by atoms with Crippen LogP contribution in [0.3, 0.4) is 0 Å². The summed E-state index contributed by atoms with van der Waals surface area (Å²) in [7, 11) is 0. The summed E-state index contributed by atoms with van der Waals surface area (Å²) in [5.41, 5.74) is 3.38. The van der Waals surface area contributed by atoms with Crippen molar-refractivity contribution >= 4 is 17.5 Å². The molecule has 4 nitrogen and oxygen atoms in total. The molecule has 0 bridgehead atoms. The van der Waals surface area contributed by atoms with Crippen LogP contribution in [0.1, 0.15) is 32.3 Å². The molecule has 0 spiro atoms. The Hall–Kier alpha value is -2.46. The second-order valence-electron chi connectivity index (χ2n) is 6.41. The number of anilines is 1. The third-order valence-electron chi connectivity index (χ3n) is 4.39. The van der Waals surface area contributed by atoms with Gasteiger partial charge in [-0.05, 0) is 55.3 Å². The van der Waals surface area contributed by atoms with Crippen LogP contribution >= 0.6 is 11.6 Å². The molecule has 0 saturated carbocycles. The van der Waals surface area contributed by atoms with Gasteiger partial charge in [0, 0.05) is 23.7 Å². The first-order valence-electron chi connectivity index (χ1n) is 9.48. The Morgan fingerprint density at radius 3 is 2.63 bits per heavy atom. The Morgan fingerprint density at radius 2 is 1.93 bits per heavy atom. The van der Waals surface area contributed by atoms with Crippen molar-refractivity contribution in [2.45, 2.75) is 39.8 Å². The summed E-state index contributed by atoms with van der Waals surface area (Å²) in [6.07, 6.45) is 4.17. The van der Waals surface area contributed by atoms with Gasteiger partial charge in [-0.1, -0.05) is 37.1 Å². The lowest BCUT2D eigenvalue weighted by molar-refractivity contribution is 0.340. The van der Waals surface area contributed by atoms with E-state index >= 15 is 0 Å². The average molecular weight is 384 g/mol. The predicted octanol–water partition coefficient (Wildman–Crippen LogP) is 6.01. The third-order valence-corrected chi connectivity index (χ3v) is 4.63. The first-order valence-corrected chi connectivity index (χ1v) is 9.86. The monoisotopic (exact) mass is 383 g/mol. The van der Waals surface area contributed by atoms with Crippen LogP contribution in [0, 0.1) is 0 Å². The normalized spacial score (nSPS) is 10.8. The number of halogens is 1. The van der Waals surface area contributed by atoms with Crippen LogP contribution in [-0.4, -0.2) is 16.2 Å². The number of ether oxygens (including phenoxy) is 1. The second-order valence-corrected chi connectivity index (χ2v) is 6.85. The zero-order chi connectivity index (χ0) is 19.1. The van der Waals surface area contributed by atoms with Crippen LogP contribution in [0.2, 0.25) is 5.02 Å². The fraction of sp³-hybridized carbons (Fsp3) is 0.318. The van der Waals surface area contributed by atoms with Crippen molar-refractivity contribution in [2.24, 2.45) is 0 Å². The Kier molecular flexibility index (Phi) is 6.77. The van der Waals surface area contributed by atoms with Gasteiger partial charge in [-0.3, -0.25) is 0 Å². The summed E-state index contributed by atoms with van der Waals surface area (Å²) < 4.78 is 7.80. The van der Waals surface area contributed by atoms with Gasteiger partial charge in [-0.25, -0.2) is 4.98 Å². The molecule has 2 aromatic carbocycles. The van der Waals surface area contributed by atoms with E-state index < -0.39 is 0 Å². The van der Waals surface area contributed by atoms with Gasteiger partial charge in [-0.2, -0.15) is 0 Å². The van der Waals surface area contributed by atoms with E-state index in [9.17, 15) is 0 Å². The fourth-order valence-corrected chi connectivity index (χ4v) is 3.22. The lowest BCUT2D eigenvalue weighted by Gasteiger charge is -2.13. The van der Waals surface area contributed by atoms with E-state index in [0.717, 1.165) is 52.9 Å². The molecule has 5 heteroatoms. The minimum absolute atomic E-state index is 0.672. The van der Waals surface area contributed by atoms with Crippen LogP contribution in [0.5, 0.6) is 5.75 Å². The summed E-state index contributed by atoms with van der Waals surface area (Å²) >= 11 is 6.09. The van der Waals surface area contributed by atoms with Crippen molar-refractivity contribution in [3.63, 3.8) is 0 Å². The molecular formula is C22H26ClN3O. The highest BCUT2D eigenvalue weighted by molar-refractivity contribution is 6.30. The lowest BCUT2D eigenvalue weighted by Crippen LogP contribution is -2.09. The summed E-state index contributed by atoms with van der Waals surface area (Å²) in [6.45, 7) is 6.48. The number of unbranched alkanes of at least 4 members (excludes halogenated alkanes) is 1. The topological polar surface area (TPSA) is 39.1 Å². The summed E-state index contributed by atoms with van der Waals surface area (Å²) in [5, 5.41) is 4.20. The molecule has 142 valence electrons. The minimum atomic E-state index is 0.672. The number of nitrogens with one attached hydrogen (secondary N) is 1. The van der Waals surface area contributed by atoms with Gasteiger partial charge in [0.2, 0.25) is 5.95 Å². The smallest absolute Gasteiger partial charge is 0.203 e. The van der Waals surface area contributed by atoms with Crippen LogP contribution in [0.15, 0.2) is 54.7 Å². The molecule has 0 radical (unpaired) electrons. The summed E-state index contributed by atoms with van der Waals surface area (Å²) in [6, 6.07) is 16.1. The number of nitrogens with zero attached hydrogens (tertiary/aromatic N) is 2. The maximum atomic E-state index is 6.09. The maximum Gasteiger partial charge on any atom is 0.203 e. The second kappa shape index (κ2) is 9.47. The first-order chi connectivity index (χ1) is 13.2. The molecule has 0 aliphatic carbocycles. The molecule has 0 aliphatic heterocycles. The van der Waals surface area contributed by atoms with Crippen LogP contribution in [0.25, 0.3) is 11.3 Å². The Morgan fingerprint density at radius 1 is 1.11 bits per heavy atom. The van der Waals surface area contributed by atoms with Gasteiger partial charge in [0.05, 0.1) is 18.5 Å². The Labute approximate surface area is 166 Å². The van der Waals surface area contributed by atoms with Crippen molar-refractivity contribution in [1.29, 1.82) is 0 Å². The van der Waals surface area contributed by atoms with Crippen LogP contribution in [-0.2, 0) is 13.1 Å². The van der Waals surface area contributed by atoms with Crippen molar-refractivity contribution < 1.29 is 4.74 Å². The molecule has 3 rings (SSSR count). The molecule has 1 aromatic heterocycles. The number of rotatable bonds is 9. The van der Waals surface area contributed by atoms with E-state index in [0.29, 0.717) is 13.2 Å². The average Bonchev–Trinajstić information content (AvgIpc) is 3.08. The first kappa shape index (κ1) is 19.3. The van der Waals surface area contributed by atoms with E-state index in [1.54, 1.807) is 0 Å². The van der Waals surface area contributed by atoms with Crippen molar-refractivity contribution in [2.75, 3.05) is 11.9 Å². The highest BCUT2D eigenvalue weighted by atomic mass is 35.5. The molecule has 1 heterocycles. The standard InChI is InChI=1S/C22H26ClN3O/c1-3-5-13-26-21(18-9-11-20(12-10-18)27-4-2)16-25-22(26)24-15-17-7-6-8-19(23)14-17/h6-12,14,16H,3-5,13,15H2,1-2H3,(H,24,25). The van der Waals surface area contributed by atoms with Gasteiger partial charge >= 0.3 is 0 Å². The lowest BCUT2D eigenvalue weighted by atomic mass is 10.1. The van der Waals surface area contributed by atoms with E-state index in [-0.39, 0.29) is 0 Å². The van der Waals surface area contributed by atoms with Crippen molar-refractivity contribution in [3.8, 4) is 17.0 Å². The maximum absolute atomic E-state index is 6.09. The van der Waals surface area contributed by atoms with Crippen molar-refractivity contribution in [1.82, 2.24) is 9.55 Å². The molecule has 0 fully saturated rings. The minimum Gasteiger partial charge on any atom is -0.494 e. The largest absolute Gasteiger partial charge is 0.494 e. The SMILES string of the molecule is CCCCn1c(-c2ccc(OCC)cc2)cnc1NCc1cccc(Cl)c1. The number of imidazole rings is 1. The zero-order valence-electron chi connectivity index (χ0n) is 15.9. The van der Waals surface area contributed by atoms with E-state index in [2.05, 4.69) is 40.0 Å². The third kappa shape index (κ3) is 5.04. The van der Waals surface area contributed by atoms with E-state index in [4.69, 9.17) is 16.3 Å². The number of hydrogen-bond donors (Lipinski definition) is 1. The number of aromatic nitrogens is 2. The quantitative estimate of drug-likeness (QED) is 0.491. The summed E-state index contributed by atoms with van der Waals surface area (Å²) in [5.74, 6) is 1.77. The molecule has 0 amide bonds.